The van der Waals surface area contributed by atoms with E-state index in [1.807, 2.05) is 68.1 Å². The van der Waals surface area contributed by atoms with Crippen LogP contribution in [0.3, 0.4) is 0 Å². The molecule has 1 aromatic heterocycles. The quantitative estimate of drug-likeness (QED) is 0.489. The lowest BCUT2D eigenvalue weighted by Gasteiger charge is -2.27. The van der Waals surface area contributed by atoms with Crippen molar-refractivity contribution in [3.05, 3.63) is 69.3 Å². The molecule has 3 aliphatic rings. The number of carbonyl (C=O) groups is 2. The van der Waals surface area contributed by atoms with E-state index >= 15 is 0 Å². The zero-order chi connectivity index (χ0) is 25.2. The van der Waals surface area contributed by atoms with E-state index in [2.05, 4.69) is 10.3 Å². The maximum absolute atomic E-state index is 13.8. The molecule has 1 saturated carbocycles. The number of rotatable bonds is 5. The van der Waals surface area contributed by atoms with E-state index in [0.717, 1.165) is 33.9 Å². The van der Waals surface area contributed by atoms with Gasteiger partial charge in [0.25, 0.3) is 11.8 Å². The summed E-state index contributed by atoms with van der Waals surface area (Å²) in [6, 6.07) is 13.2. The first-order chi connectivity index (χ1) is 17.2. The Labute approximate surface area is 219 Å². The smallest absolute Gasteiger partial charge is 0.274 e. The van der Waals surface area contributed by atoms with Crippen LogP contribution in [0.1, 0.15) is 51.7 Å². The molecule has 3 atom stereocenters. The molecule has 36 heavy (non-hydrogen) atoms. The van der Waals surface area contributed by atoms with Gasteiger partial charge < -0.3 is 15.0 Å². The minimum Gasteiger partial charge on any atom is -0.486 e. The Bertz CT molecular complexity index is 1380. The number of amides is 2. The van der Waals surface area contributed by atoms with E-state index in [-0.39, 0.29) is 23.5 Å². The van der Waals surface area contributed by atoms with Crippen molar-refractivity contribution in [2.45, 2.75) is 45.3 Å². The first-order valence-electron chi connectivity index (χ1n) is 12.3. The summed E-state index contributed by atoms with van der Waals surface area (Å²) in [7, 11) is 0. The van der Waals surface area contributed by atoms with Crippen molar-refractivity contribution >= 4 is 34.8 Å². The number of hydrogen-bond donors (Lipinski definition) is 1. The number of halogens is 1. The highest BCUT2D eigenvalue weighted by molar-refractivity contribution is 7.15. The molecular weight excluding hydrogens is 494 g/mol. The maximum Gasteiger partial charge on any atom is 0.274 e. The summed E-state index contributed by atoms with van der Waals surface area (Å²) in [4.78, 5) is 34.3. The number of ether oxygens (including phenoxy) is 1. The Balaban J connectivity index is 1.21. The number of piperidine rings is 1. The molecule has 2 aliphatic heterocycles. The van der Waals surface area contributed by atoms with Crippen molar-refractivity contribution < 1.29 is 14.3 Å². The van der Waals surface area contributed by atoms with Crippen molar-refractivity contribution in [1.29, 1.82) is 0 Å². The number of thiazole rings is 1. The van der Waals surface area contributed by atoms with Gasteiger partial charge >= 0.3 is 0 Å². The second-order valence-electron chi connectivity index (χ2n) is 10.6. The number of likely N-dealkylation sites (tertiary alicyclic amines) is 1. The molecule has 1 saturated heterocycles. The van der Waals surface area contributed by atoms with Crippen molar-refractivity contribution in [1.82, 2.24) is 15.2 Å². The van der Waals surface area contributed by atoms with Gasteiger partial charge in [0.15, 0.2) is 0 Å². The fourth-order valence-corrected chi connectivity index (χ4v) is 6.78. The largest absolute Gasteiger partial charge is 0.486 e. The van der Waals surface area contributed by atoms with Gasteiger partial charge in [0.1, 0.15) is 17.0 Å². The van der Waals surface area contributed by atoms with Gasteiger partial charge in [-0.05, 0) is 68.4 Å². The van der Waals surface area contributed by atoms with Crippen molar-refractivity contribution in [3.63, 3.8) is 0 Å². The molecule has 2 fully saturated rings. The molecule has 0 unspecified atom stereocenters. The highest BCUT2D eigenvalue weighted by Gasteiger charge is 2.54. The molecular formula is C28H28ClN3O3S. The first kappa shape index (κ1) is 23.5. The number of benzene rings is 2. The molecule has 0 spiro atoms. The minimum absolute atomic E-state index is 0.0465. The fraction of sp³-hybridized carbons (Fsp3) is 0.393. The molecule has 186 valence electrons. The van der Waals surface area contributed by atoms with Crippen LogP contribution in [-0.2, 0) is 6.42 Å². The van der Waals surface area contributed by atoms with Crippen LogP contribution in [0, 0.1) is 18.8 Å². The average Bonchev–Trinajstić information content (AvgIpc) is 3.17. The maximum atomic E-state index is 13.8. The highest BCUT2D eigenvalue weighted by Crippen LogP contribution is 2.50. The standard InChI is InChI=1S/C28H28ClN3O3S/c1-15-31-23(25(36-15)16-6-4-8-19(29)10-16)27(34)32-14-18-11-21(18)22(32)13-30-26(33)20-9-5-7-17-12-28(2,3)35-24(17)20/h4-10,18,21-22H,11-14H2,1-3H3,(H,30,33)/t18-,21-,22+/m0/s1. The van der Waals surface area contributed by atoms with E-state index in [9.17, 15) is 9.59 Å². The lowest BCUT2D eigenvalue weighted by molar-refractivity contribution is 0.0689. The lowest BCUT2D eigenvalue weighted by atomic mass is 10.0. The molecule has 6 rings (SSSR count). The normalized spacial score (nSPS) is 23.1. The predicted molar refractivity (Wildman–Crippen MR) is 141 cm³/mol. The number of para-hydroxylation sites is 1. The molecule has 3 aromatic rings. The lowest BCUT2D eigenvalue weighted by Crippen LogP contribution is -2.45. The molecule has 2 amide bonds. The summed E-state index contributed by atoms with van der Waals surface area (Å²) >= 11 is 7.72. The van der Waals surface area contributed by atoms with E-state index in [4.69, 9.17) is 16.3 Å². The van der Waals surface area contributed by atoms with Crippen LogP contribution in [0.5, 0.6) is 5.75 Å². The van der Waals surface area contributed by atoms with Gasteiger partial charge in [0, 0.05) is 24.5 Å². The zero-order valence-corrected chi connectivity index (χ0v) is 22.1. The number of aromatic nitrogens is 1. The van der Waals surface area contributed by atoms with E-state index in [1.165, 1.54) is 11.3 Å². The Kier molecular flexibility index (Phi) is 5.61. The molecule has 6 nitrogen and oxygen atoms in total. The molecule has 1 N–H and O–H groups in total. The van der Waals surface area contributed by atoms with Gasteiger partial charge in [-0.3, -0.25) is 9.59 Å². The number of carbonyl (C=O) groups excluding carboxylic acids is 2. The molecule has 3 heterocycles. The Morgan fingerprint density at radius 3 is 2.86 bits per heavy atom. The van der Waals surface area contributed by atoms with Gasteiger partial charge in [-0.2, -0.15) is 0 Å². The van der Waals surface area contributed by atoms with E-state index in [1.54, 1.807) is 0 Å². The van der Waals surface area contributed by atoms with Crippen LogP contribution in [0.25, 0.3) is 10.4 Å². The second kappa shape index (κ2) is 8.60. The van der Waals surface area contributed by atoms with Crippen LogP contribution in [0.2, 0.25) is 5.02 Å². The SMILES string of the molecule is Cc1nc(C(=O)N2C[C@@H]3C[C@@H]3[C@H]2CNC(=O)c2cccc3c2OC(C)(C)C3)c(-c2cccc(Cl)c2)s1. The first-order valence-corrected chi connectivity index (χ1v) is 13.5. The van der Waals surface area contributed by atoms with Gasteiger partial charge in [-0.15, -0.1) is 11.3 Å². The summed E-state index contributed by atoms with van der Waals surface area (Å²) in [5.41, 5.74) is 2.65. The third-order valence-electron chi connectivity index (χ3n) is 7.39. The van der Waals surface area contributed by atoms with Crippen LogP contribution in [0.15, 0.2) is 42.5 Å². The molecule has 1 aliphatic carbocycles. The zero-order valence-electron chi connectivity index (χ0n) is 20.5. The van der Waals surface area contributed by atoms with Crippen LogP contribution in [0.4, 0.5) is 0 Å². The highest BCUT2D eigenvalue weighted by atomic mass is 35.5. The van der Waals surface area contributed by atoms with Gasteiger partial charge in [0.05, 0.1) is 21.5 Å². The fourth-order valence-electron chi connectivity index (χ4n) is 5.69. The predicted octanol–water partition coefficient (Wildman–Crippen LogP) is 5.38. The van der Waals surface area contributed by atoms with Crippen LogP contribution >= 0.6 is 22.9 Å². The minimum atomic E-state index is -0.318. The number of aryl methyl sites for hydroxylation is 1. The summed E-state index contributed by atoms with van der Waals surface area (Å²) in [6.07, 6.45) is 1.87. The average molecular weight is 522 g/mol. The van der Waals surface area contributed by atoms with E-state index < -0.39 is 0 Å². The van der Waals surface area contributed by atoms with E-state index in [0.29, 0.717) is 47.0 Å². The topological polar surface area (TPSA) is 71.5 Å². The molecule has 0 radical (unpaired) electrons. The van der Waals surface area contributed by atoms with Crippen LogP contribution in [-0.4, -0.2) is 46.4 Å². The van der Waals surface area contributed by atoms with Crippen LogP contribution < -0.4 is 10.1 Å². The third-order valence-corrected chi connectivity index (χ3v) is 8.65. The second-order valence-corrected chi connectivity index (χ2v) is 12.3. The van der Waals surface area contributed by atoms with Crippen molar-refractivity contribution in [2.75, 3.05) is 13.1 Å². The Morgan fingerprint density at radius 1 is 1.25 bits per heavy atom. The molecule has 2 aromatic carbocycles. The Hall–Kier alpha value is -2.90. The Morgan fingerprint density at radius 2 is 2.06 bits per heavy atom. The number of hydrogen-bond acceptors (Lipinski definition) is 5. The monoisotopic (exact) mass is 521 g/mol. The summed E-state index contributed by atoms with van der Waals surface area (Å²) in [5.74, 6) is 1.35. The third kappa shape index (κ3) is 4.18. The number of fused-ring (bicyclic) bond motifs is 2. The summed E-state index contributed by atoms with van der Waals surface area (Å²) in [5, 5.41) is 4.56. The van der Waals surface area contributed by atoms with Gasteiger partial charge in [-0.25, -0.2) is 4.98 Å². The number of nitrogens with one attached hydrogen (secondary N) is 1. The molecule has 8 heteroatoms. The summed E-state index contributed by atoms with van der Waals surface area (Å²) in [6.45, 7) is 7.09. The van der Waals surface area contributed by atoms with Crippen molar-refractivity contribution in [3.8, 4) is 16.2 Å². The van der Waals surface area contributed by atoms with Gasteiger partial charge in [-0.1, -0.05) is 35.9 Å². The summed E-state index contributed by atoms with van der Waals surface area (Å²) < 4.78 is 6.09. The molecule has 0 bridgehead atoms. The van der Waals surface area contributed by atoms with Gasteiger partial charge in [0.2, 0.25) is 0 Å². The van der Waals surface area contributed by atoms with Crippen molar-refractivity contribution in [2.24, 2.45) is 11.8 Å². The number of nitrogens with zero attached hydrogens (tertiary/aromatic N) is 2.